The van der Waals surface area contributed by atoms with Gasteiger partial charge < -0.3 is 9.88 Å². The van der Waals surface area contributed by atoms with Crippen molar-refractivity contribution in [3.8, 4) is 0 Å². The van der Waals surface area contributed by atoms with Crippen molar-refractivity contribution in [1.82, 2.24) is 9.88 Å². The monoisotopic (exact) mass is 358 g/mol. The molecule has 0 aliphatic carbocycles. The Hall–Kier alpha value is -2.39. The lowest BCUT2D eigenvalue weighted by Crippen LogP contribution is -2.37. The van der Waals surface area contributed by atoms with Crippen LogP contribution in [0, 0.1) is 6.92 Å². The highest BCUT2D eigenvalue weighted by molar-refractivity contribution is 6.10. The van der Waals surface area contributed by atoms with Gasteiger partial charge in [-0.2, -0.15) is 0 Å². The highest BCUT2D eigenvalue weighted by Crippen LogP contribution is 2.39. The predicted molar refractivity (Wildman–Crippen MR) is 109 cm³/mol. The number of benzene rings is 2. The van der Waals surface area contributed by atoms with E-state index in [2.05, 4.69) is 28.2 Å². The predicted octanol–water partition coefficient (Wildman–Crippen LogP) is 5.05. The number of aromatic nitrogens is 1. The van der Waals surface area contributed by atoms with Crippen molar-refractivity contribution in [2.24, 2.45) is 0 Å². The van der Waals surface area contributed by atoms with E-state index in [4.69, 9.17) is 0 Å². The quantitative estimate of drug-likeness (QED) is 0.665. The van der Waals surface area contributed by atoms with Gasteiger partial charge in [-0.3, -0.25) is 4.79 Å². The summed E-state index contributed by atoms with van der Waals surface area (Å²) in [5, 5.41) is 1.23. The lowest BCUT2D eigenvalue weighted by Gasteiger charge is -2.34. The van der Waals surface area contributed by atoms with Gasteiger partial charge in [0.25, 0.3) is 0 Å². The molecule has 3 heterocycles. The van der Waals surface area contributed by atoms with Gasteiger partial charge in [-0.15, -0.1) is 0 Å². The van der Waals surface area contributed by atoms with Crippen LogP contribution in [-0.2, 0) is 0 Å². The molecule has 27 heavy (non-hydrogen) atoms. The molecular weight excluding hydrogens is 332 g/mol. The molecule has 138 valence electrons. The zero-order chi connectivity index (χ0) is 18.4. The summed E-state index contributed by atoms with van der Waals surface area (Å²) in [6, 6.07) is 14.7. The number of carbonyl (C=O) groups excluding carboxylic acids is 1. The molecule has 0 radical (unpaired) electrons. The van der Waals surface area contributed by atoms with Gasteiger partial charge in [0, 0.05) is 34.3 Å². The van der Waals surface area contributed by atoms with E-state index in [-0.39, 0.29) is 5.78 Å². The van der Waals surface area contributed by atoms with Crippen LogP contribution in [0.25, 0.3) is 10.9 Å². The SMILES string of the molecule is Cc1cccc(C(=O)c2ccc3[nH]cc(C4CCN5CCCC5C4)c3c2)c1. The molecule has 2 saturated heterocycles. The molecule has 2 fully saturated rings. The van der Waals surface area contributed by atoms with Crippen molar-refractivity contribution >= 4 is 16.7 Å². The van der Waals surface area contributed by atoms with Crippen LogP contribution in [0.5, 0.6) is 0 Å². The molecule has 5 rings (SSSR count). The summed E-state index contributed by atoms with van der Waals surface area (Å²) in [6.45, 7) is 4.52. The summed E-state index contributed by atoms with van der Waals surface area (Å²) in [4.78, 5) is 19.1. The molecule has 2 unspecified atom stereocenters. The summed E-state index contributed by atoms with van der Waals surface area (Å²) < 4.78 is 0. The van der Waals surface area contributed by atoms with Crippen LogP contribution in [0.4, 0.5) is 0 Å². The van der Waals surface area contributed by atoms with Gasteiger partial charge in [0.05, 0.1) is 0 Å². The fourth-order valence-electron chi connectivity index (χ4n) is 5.08. The van der Waals surface area contributed by atoms with Crippen molar-refractivity contribution in [2.75, 3.05) is 13.1 Å². The van der Waals surface area contributed by atoms with E-state index in [0.29, 0.717) is 5.92 Å². The van der Waals surface area contributed by atoms with E-state index in [1.165, 1.54) is 49.7 Å². The molecule has 1 N–H and O–H groups in total. The summed E-state index contributed by atoms with van der Waals surface area (Å²) in [5.41, 5.74) is 5.21. The Balaban J connectivity index is 1.48. The van der Waals surface area contributed by atoms with Crippen molar-refractivity contribution in [1.29, 1.82) is 0 Å². The van der Waals surface area contributed by atoms with E-state index in [1.54, 1.807) is 0 Å². The van der Waals surface area contributed by atoms with E-state index < -0.39 is 0 Å². The van der Waals surface area contributed by atoms with Crippen LogP contribution >= 0.6 is 0 Å². The summed E-state index contributed by atoms with van der Waals surface area (Å²) in [7, 11) is 0. The third-order valence-corrected chi connectivity index (χ3v) is 6.52. The number of aromatic amines is 1. The molecule has 2 atom stereocenters. The Morgan fingerprint density at radius 1 is 1.07 bits per heavy atom. The molecule has 2 aromatic carbocycles. The summed E-state index contributed by atoms with van der Waals surface area (Å²) in [5.74, 6) is 0.709. The molecule has 2 aliphatic rings. The minimum atomic E-state index is 0.110. The standard InChI is InChI=1S/C24H26N2O/c1-16-4-2-5-18(12-16)24(27)19-7-8-23-21(14-19)22(15-25-23)17-9-11-26-10-3-6-20(26)13-17/h2,4-5,7-8,12,14-15,17,20,25H,3,6,9-11,13H2,1H3. The largest absolute Gasteiger partial charge is 0.361 e. The molecule has 2 aliphatic heterocycles. The molecule has 3 heteroatoms. The fraction of sp³-hybridized carbons (Fsp3) is 0.375. The number of hydrogen-bond acceptors (Lipinski definition) is 2. The Bertz CT molecular complexity index is 1000. The number of rotatable bonds is 3. The second kappa shape index (κ2) is 6.65. The summed E-state index contributed by atoms with van der Waals surface area (Å²) in [6.07, 6.45) is 7.35. The van der Waals surface area contributed by atoms with Crippen molar-refractivity contribution in [3.63, 3.8) is 0 Å². The fourth-order valence-corrected chi connectivity index (χ4v) is 5.08. The number of nitrogens with zero attached hydrogens (tertiary/aromatic N) is 1. The van der Waals surface area contributed by atoms with E-state index in [1.807, 2.05) is 37.3 Å². The number of fused-ring (bicyclic) bond motifs is 2. The normalized spacial score (nSPS) is 22.9. The number of hydrogen-bond donors (Lipinski definition) is 1. The smallest absolute Gasteiger partial charge is 0.193 e. The molecule has 0 amide bonds. The van der Waals surface area contributed by atoms with E-state index >= 15 is 0 Å². The maximum absolute atomic E-state index is 13.0. The van der Waals surface area contributed by atoms with E-state index in [9.17, 15) is 4.79 Å². The highest BCUT2D eigenvalue weighted by atomic mass is 16.1. The lowest BCUT2D eigenvalue weighted by molar-refractivity contribution is 0.103. The average Bonchev–Trinajstić information content (AvgIpc) is 3.32. The number of nitrogens with one attached hydrogen (secondary N) is 1. The minimum Gasteiger partial charge on any atom is -0.361 e. The number of carbonyl (C=O) groups is 1. The van der Waals surface area contributed by atoms with Gasteiger partial charge in [0.2, 0.25) is 0 Å². The maximum Gasteiger partial charge on any atom is 0.193 e. The van der Waals surface area contributed by atoms with Crippen molar-refractivity contribution in [2.45, 2.75) is 44.6 Å². The third-order valence-electron chi connectivity index (χ3n) is 6.52. The number of H-pyrrole nitrogens is 1. The highest BCUT2D eigenvalue weighted by Gasteiger charge is 2.33. The van der Waals surface area contributed by atoms with Gasteiger partial charge in [-0.1, -0.05) is 23.8 Å². The first-order valence-electron chi connectivity index (χ1n) is 10.2. The molecule has 3 nitrogen and oxygen atoms in total. The van der Waals surface area contributed by atoms with Gasteiger partial charge in [-0.25, -0.2) is 0 Å². The first-order chi connectivity index (χ1) is 13.2. The number of aryl methyl sites for hydroxylation is 1. The minimum absolute atomic E-state index is 0.110. The topological polar surface area (TPSA) is 36.1 Å². The van der Waals surface area contributed by atoms with Crippen LogP contribution in [0.1, 0.15) is 58.6 Å². The van der Waals surface area contributed by atoms with Gasteiger partial charge in [-0.05, 0) is 81.4 Å². The zero-order valence-corrected chi connectivity index (χ0v) is 15.9. The van der Waals surface area contributed by atoms with Crippen LogP contribution in [0.15, 0.2) is 48.7 Å². The second-order valence-corrected chi connectivity index (χ2v) is 8.26. The van der Waals surface area contributed by atoms with Crippen LogP contribution in [0.3, 0.4) is 0 Å². The van der Waals surface area contributed by atoms with Crippen molar-refractivity contribution in [3.05, 3.63) is 70.9 Å². The van der Waals surface area contributed by atoms with Gasteiger partial charge in [0.1, 0.15) is 0 Å². The van der Waals surface area contributed by atoms with Crippen LogP contribution in [-0.4, -0.2) is 34.8 Å². The molecule has 1 aromatic heterocycles. The third kappa shape index (κ3) is 3.00. The maximum atomic E-state index is 13.0. The lowest BCUT2D eigenvalue weighted by atomic mass is 9.85. The first kappa shape index (κ1) is 16.8. The molecule has 3 aromatic rings. The van der Waals surface area contributed by atoms with E-state index in [0.717, 1.165) is 28.2 Å². The van der Waals surface area contributed by atoms with Crippen molar-refractivity contribution < 1.29 is 4.79 Å². The number of ketones is 1. The molecule has 0 bridgehead atoms. The van der Waals surface area contributed by atoms with Gasteiger partial charge >= 0.3 is 0 Å². The average molecular weight is 358 g/mol. The Kier molecular flexibility index (Phi) is 4.13. The molecular formula is C24H26N2O. The second-order valence-electron chi connectivity index (χ2n) is 8.26. The number of piperidine rings is 1. The first-order valence-corrected chi connectivity index (χ1v) is 10.2. The van der Waals surface area contributed by atoms with Crippen LogP contribution in [0.2, 0.25) is 0 Å². The van der Waals surface area contributed by atoms with Gasteiger partial charge in [0.15, 0.2) is 5.78 Å². The Morgan fingerprint density at radius 3 is 2.85 bits per heavy atom. The Labute approximate surface area is 160 Å². The van der Waals surface area contributed by atoms with Crippen LogP contribution < -0.4 is 0 Å². The molecule has 0 saturated carbocycles. The zero-order valence-electron chi connectivity index (χ0n) is 15.9. The Morgan fingerprint density at radius 2 is 1.96 bits per heavy atom. The molecule has 0 spiro atoms. The summed E-state index contributed by atoms with van der Waals surface area (Å²) >= 11 is 0.